The van der Waals surface area contributed by atoms with Crippen LogP contribution in [0.4, 0.5) is 4.79 Å². The molecule has 0 saturated heterocycles. The van der Waals surface area contributed by atoms with Crippen molar-refractivity contribution in [3.05, 3.63) is 35.4 Å². The Morgan fingerprint density at radius 2 is 2.15 bits per heavy atom. The van der Waals surface area contributed by atoms with Crippen molar-refractivity contribution in [2.45, 2.75) is 38.5 Å². The van der Waals surface area contributed by atoms with E-state index in [2.05, 4.69) is 29.8 Å². The van der Waals surface area contributed by atoms with Crippen LogP contribution in [0, 0.1) is 11.8 Å². The van der Waals surface area contributed by atoms with Crippen molar-refractivity contribution in [3.63, 3.8) is 0 Å². The van der Waals surface area contributed by atoms with Gasteiger partial charge >= 0.3 is 6.09 Å². The molecule has 0 aromatic heterocycles. The number of thiol groups is 1. The topological polar surface area (TPSA) is 38.3 Å². The molecule has 1 rings (SSSR count). The Morgan fingerprint density at radius 1 is 1.40 bits per heavy atom. The number of ether oxygens (including phenoxy) is 1. The van der Waals surface area contributed by atoms with Gasteiger partial charge in [-0.1, -0.05) is 24.0 Å². The molecule has 1 aromatic rings. The molecule has 1 amide bonds. The molecule has 0 unspecified atom stereocenters. The number of alkyl carbamates (subject to hydrolysis) is 1. The second kappa shape index (κ2) is 7.86. The third kappa shape index (κ3) is 7.10. The number of benzene rings is 1. The van der Waals surface area contributed by atoms with Crippen molar-refractivity contribution in [1.82, 2.24) is 5.32 Å². The zero-order chi connectivity index (χ0) is 15.0. The number of carbonyl (C=O) groups is 1. The number of amides is 1. The fourth-order valence-corrected chi connectivity index (χ4v) is 1.65. The quantitative estimate of drug-likeness (QED) is 0.509. The van der Waals surface area contributed by atoms with Crippen LogP contribution in [0.15, 0.2) is 24.3 Å². The summed E-state index contributed by atoms with van der Waals surface area (Å²) in [5.74, 6) is 6.80. The maximum Gasteiger partial charge on any atom is 0.407 e. The van der Waals surface area contributed by atoms with E-state index in [1.807, 2.05) is 45.0 Å². The molecule has 0 bridgehead atoms. The van der Waals surface area contributed by atoms with E-state index in [9.17, 15) is 4.79 Å². The van der Waals surface area contributed by atoms with Gasteiger partial charge in [-0.2, -0.15) is 12.6 Å². The van der Waals surface area contributed by atoms with Gasteiger partial charge < -0.3 is 10.1 Å². The summed E-state index contributed by atoms with van der Waals surface area (Å²) in [6.45, 7) is 5.98. The van der Waals surface area contributed by atoms with Gasteiger partial charge in [0.25, 0.3) is 0 Å². The largest absolute Gasteiger partial charge is 0.444 e. The summed E-state index contributed by atoms with van der Waals surface area (Å²) < 4.78 is 5.13. The van der Waals surface area contributed by atoms with E-state index in [4.69, 9.17) is 4.74 Å². The maximum atomic E-state index is 11.4. The van der Waals surface area contributed by atoms with Crippen molar-refractivity contribution in [1.29, 1.82) is 0 Å². The number of carbonyl (C=O) groups excluding carboxylic acids is 1. The normalized spacial score (nSPS) is 10.4. The Labute approximate surface area is 126 Å². The molecule has 0 atom stereocenters. The van der Waals surface area contributed by atoms with Crippen molar-refractivity contribution in [3.8, 4) is 11.8 Å². The fraction of sp³-hybridized carbons (Fsp3) is 0.438. The Hall–Kier alpha value is -1.60. The summed E-state index contributed by atoms with van der Waals surface area (Å²) in [7, 11) is 0. The monoisotopic (exact) mass is 291 g/mol. The highest BCUT2D eigenvalue weighted by molar-refractivity contribution is 7.79. The van der Waals surface area contributed by atoms with E-state index in [-0.39, 0.29) is 0 Å². The van der Waals surface area contributed by atoms with Gasteiger partial charge in [0.05, 0.1) is 0 Å². The van der Waals surface area contributed by atoms with Crippen LogP contribution in [0.2, 0.25) is 0 Å². The predicted molar refractivity (Wildman–Crippen MR) is 84.9 cm³/mol. The van der Waals surface area contributed by atoms with Gasteiger partial charge in [-0.3, -0.25) is 0 Å². The Kier molecular flexibility index (Phi) is 6.47. The van der Waals surface area contributed by atoms with Crippen LogP contribution < -0.4 is 5.32 Å². The van der Waals surface area contributed by atoms with E-state index in [1.165, 1.54) is 0 Å². The molecule has 20 heavy (non-hydrogen) atoms. The van der Waals surface area contributed by atoms with Gasteiger partial charge in [-0.05, 0) is 38.5 Å². The number of rotatable bonds is 3. The van der Waals surface area contributed by atoms with Gasteiger partial charge in [-0.15, -0.1) is 0 Å². The summed E-state index contributed by atoms with van der Waals surface area (Å²) in [4.78, 5) is 11.4. The molecule has 0 radical (unpaired) electrons. The van der Waals surface area contributed by atoms with Gasteiger partial charge in [0.15, 0.2) is 0 Å². The standard InChI is InChI=1S/C16H21NO2S/c1-16(2,3)19-15(18)17-10-5-4-7-13-8-6-9-14(11-13)12-20/h6,8-9,11,20H,5,10,12H2,1-3H3,(H,17,18). The lowest BCUT2D eigenvalue weighted by Crippen LogP contribution is -2.32. The highest BCUT2D eigenvalue weighted by Gasteiger charge is 2.15. The molecule has 0 spiro atoms. The van der Waals surface area contributed by atoms with E-state index >= 15 is 0 Å². The molecule has 1 aromatic carbocycles. The van der Waals surface area contributed by atoms with Crippen molar-refractivity contribution in [2.75, 3.05) is 6.54 Å². The molecule has 0 heterocycles. The highest BCUT2D eigenvalue weighted by atomic mass is 32.1. The van der Waals surface area contributed by atoms with Crippen molar-refractivity contribution < 1.29 is 9.53 Å². The van der Waals surface area contributed by atoms with Crippen molar-refractivity contribution in [2.24, 2.45) is 0 Å². The molecular weight excluding hydrogens is 270 g/mol. The molecule has 0 aliphatic rings. The van der Waals surface area contributed by atoms with E-state index < -0.39 is 11.7 Å². The van der Waals surface area contributed by atoms with Crippen LogP contribution in [0.5, 0.6) is 0 Å². The average Bonchev–Trinajstić information content (AvgIpc) is 2.36. The first-order valence-corrected chi connectivity index (χ1v) is 7.19. The Balaban J connectivity index is 2.34. The van der Waals surface area contributed by atoms with Crippen LogP contribution in [-0.2, 0) is 10.5 Å². The third-order valence-electron chi connectivity index (χ3n) is 2.26. The van der Waals surface area contributed by atoms with Crippen LogP contribution in [0.25, 0.3) is 0 Å². The summed E-state index contributed by atoms with van der Waals surface area (Å²) in [5, 5.41) is 2.67. The zero-order valence-corrected chi connectivity index (χ0v) is 13.1. The summed E-state index contributed by atoms with van der Waals surface area (Å²) in [6.07, 6.45) is 0.182. The summed E-state index contributed by atoms with van der Waals surface area (Å²) >= 11 is 4.23. The molecule has 0 saturated carbocycles. The molecule has 0 aliphatic heterocycles. The van der Waals surface area contributed by atoms with Crippen LogP contribution in [0.1, 0.15) is 38.3 Å². The van der Waals surface area contributed by atoms with E-state index in [1.54, 1.807) is 0 Å². The second-order valence-corrected chi connectivity index (χ2v) is 5.66. The molecular formula is C16H21NO2S. The smallest absolute Gasteiger partial charge is 0.407 e. The van der Waals surface area contributed by atoms with Crippen LogP contribution in [-0.4, -0.2) is 18.2 Å². The van der Waals surface area contributed by atoms with Gasteiger partial charge in [0.1, 0.15) is 5.60 Å². The first-order valence-electron chi connectivity index (χ1n) is 6.56. The van der Waals surface area contributed by atoms with Gasteiger partial charge in [0, 0.05) is 24.3 Å². The first-order chi connectivity index (χ1) is 9.40. The molecule has 0 fully saturated rings. The average molecular weight is 291 g/mol. The molecule has 3 nitrogen and oxygen atoms in total. The zero-order valence-electron chi connectivity index (χ0n) is 12.2. The van der Waals surface area contributed by atoms with Gasteiger partial charge in [0.2, 0.25) is 0 Å². The van der Waals surface area contributed by atoms with E-state index in [0.717, 1.165) is 11.1 Å². The minimum absolute atomic E-state index is 0.406. The minimum atomic E-state index is -0.469. The fourth-order valence-electron chi connectivity index (χ4n) is 1.45. The Bertz CT molecular complexity index is 509. The summed E-state index contributed by atoms with van der Waals surface area (Å²) in [5.41, 5.74) is 1.64. The lowest BCUT2D eigenvalue weighted by atomic mass is 10.1. The summed E-state index contributed by atoms with van der Waals surface area (Å²) in [6, 6.07) is 7.96. The number of hydrogen-bond acceptors (Lipinski definition) is 3. The minimum Gasteiger partial charge on any atom is -0.444 e. The molecule has 0 aliphatic carbocycles. The van der Waals surface area contributed by atoms with Crippen LogP contribution in [0.3, 0.4) is 0 Å². The van der Waals surface area contributed by atoms with Gasteiger partial charge in [-0.25, -0.2) is 4.79 Å². The third-order valence-corrected chi connectivity index (χ3v) is 2.63. The SMILES string of the molecule is CC(C)(C)OC(=O)NCCC#Cc1cccc(CS)c1. The number of hydrogen-bond donors (Lipinski definition) is 2. The molecule has 1 N–H and O–H groups in total. The molecule has 108 valence electrons. The highest BCUT2D eigenvalue weighted by Crippen LogP contribution is 2.07. The lowest BCUT2D eigenvalue weighted by Gasteiger charge is -2.19. The van der Waals surface area contributed by atoms with E-state index in [0.29, 0.717) is 18.7 Å². The Morgan fingerprint density at radius 3 is 2.80 bits per heavy atom. The molecule has 4 heteroatoms. The predicted octanol–water partition coefficient (Wildman–Crippen LogP) is 3.38. The second-order valence-electron chi connectivity index (χ2n) is 5.34. The first kappa shape index (κ1) is 16.5. The number of nitrogens with one attached hydrogen (secondary N) is 1. The van der Waals surface area contributed by atoms with Crippen LogP contribution >= 0.6 is 12.6 Å². The van der Waals surface area contributed by atoms with Crippen molar-refractivity contribution >= 4 is 18.7 Å². The lowest BCUT2D eigenvalue weighted by molar-refractivity contribution is 0.0529. The maximum absolute atomic E-state index is 11.4.